The molecule has 0 unspecified atom stereocenters. The minimum atomic E-state index is -1.97. The van der Waals surface area contributed by atoms with Crippen LogP contribution in [-0.2, 0) is 22.2 Å². The van der Waals surface area contributed by atoms with E-state index >= 15 is 0 Å². The number of ether oxygens (including phenoxy) is 2. The highest BCUT2D eigenvalue weighted by Gasteiger charge is 2.39. The van der Waals surface area contributed by atoms with Gasteiger partial charge >= 0.3 is 0 Å². The first kappa shape index (κ1) is 26.2. The van der Waals surface area contributed by atoms with Crippen LogP contribution in [0.2, 0.25) is 23.2 Å². The maximum Gasteiger partial charge on any atom is 0.250 e. The third kappa shape index (κ3) is 8.16. The Hall–Kier alpha value is -2.01. The van der Waals surface area contributed by atoms with Crippen LogP contribution in [0.3, 0.4) is 0 Å². The number of halogens is 1. The van der Waals surface area contributed by atoms with Gasteiger partial charge in [0.25, 0.3) is 0 Å². The Morgan fingerprint density at radius 3 is 2.16 bits per heavy atom. The van der Waals surface area contributed by atoms with Gasteiger partial charge in [0, 0.05) is 11.4 Å². The molecule has 2 aromatic rings. The van der Waals surface area contributed by atoms with Crippen LogP contribution < -0.4 is 4.74 Å². The normalized spacial score (nSPS) is 12.5. The lowest BCUT2D eigenvalue weighted by Crippen LogP contribution is -2.40. The van der Waals surface area contributed by atoms with Gasteiger partial charge in [-0.25, -0.2) is 0 Å². The maximum absolute atomic E-state index is 6.51. The van der Waals surface area contributed by atoms with Gasteiger partial charge in [-0.05, 0) is 65.5 Å². The van der Waals surface area contributed by atoms with Gasteiger partial charge in [-0.15, -0.1) is 0 Å². The number of rotatable bonds is 11. The number of methoxy groups -OCH3 is 1. The third-order valence-corrected chi connectivity index (χ3v) is 10.6. The topological polar surface area (TPSA) is 27.7 Å². The average Bonchev–Trinajstić information content (AvgIpc) is 2.73. The van der Waals surface area contributed by atoms with E-state index in [1.165, 1.54) is 5.56 Å². The van der Waals surface area contributed by atoms with E-state index in [0.29, 0.717) is 13.2 Å². The Balaban J connectivity index is 2.02. The molecule has 2 rings (SSSR count). The van der Waals surface area contributed by atoms with E-state index in [1.807, 2.05) is 36.4 Å². The monoisotopic (exact) mass is 472 g/mol. The van der Waals surface area contributed by atoms with E-state index in [9.17, 15) is 0 Å². The Morgan fingerprint density at radius 1 is 1.00 bits per heavy atom. The van der Waals surface area contributed by atoms with Gasteiger partial charge in [0.2, 0.25) is 8.32 Å². The summed E-state index contributed by atoms with van der Waals surface area (Å²) in [5, 5.41) is 0.852. The highest BCUT2D eigenvalue weighted by molar-refractivity contribution is 6.74. The van der Waals surface area contributed by atoms with E-state index in [4.69, 9.17) is 25.5 Å². The maximum atomic E-state index is 6.51. The fourth-order valence-electron chi connectivity index (χ4n) is 2.86. The molecule has 0 saturated heterocycles. The molecule has 0 aliphatic heterocycles. The van der Waals surface area contributed by atoms with E-state index in [2.05, 4.69) is 58.7 Å². The van der Waals surface area contributed by atoms with Crippen molar-refractivity contribution in [1.82, 2.24) is 0 Å². The zero-order valence-corrected chi connectivity index (χ0v) is 22.1. The van der Waals surface area contributed by atoms with Crippen LogP contribution in [0.25, 0.3) is 0 Å². The fraction of sp³-hybridized carbons (Fsp3) is 0.407. The molecule has 32 heavy (non-hydrogen) atoms. The van der Waals surface area contributed by atoms with Crippen LogP contribution in [0.1, 0.15) is 38.3 Å². The fourth-order valence-corrected chi connectivity index (χ4v) is 4.04. The summed E-state index contributed by atoms with van der Waals surface area (Å²) in [6, 6.07) is 15.9. The zero-order valence-electron chi connectivity index (χ0n) is 20.3. The van der Waals surface area contributed by atoms with E-state index < -0.39 is 8.32 Å². The molecule has 0 heterocycles. The van der Waals surface area contributed by atoms with Crippen molar-refractivity contribution in [2.75, 3.05) is 13.7 Å². The molecule has 0 radical (unpaired) electrons. The predicted molar refractivity (Wildman–Crippen MR) is 138 cm³/mol. The van der Waals surface area contributed by atoms with E-state index in [0.717, 1.165) is 40.5 Å². The van der Waals surface area contributed by atoms with Gasteiger partial charge in [0.15, 0.2) is 0 Å². The first-order valence-electron chi connectivity index (χ1n) is 11.0. The molecule has 0 saturated carbocycles. The summed E-state index contributed by atoms with van der Waals surface area (Å²) in [7, 11) is -0.297. The lowest BCUT2D eigenvalue weighted by Gasteiger charge is -2.37. The van der Waals surface area contributed by atoms with Crippen LogP contribution in [0.15, 0.2) is 72.5 Å². The van der Waals surface area contributed by atoms with E-state index in [-0.39, 0.29) is 5.04 Å². The molecule has 0 fully saturated rings. The van der Waals surface area contributed by atoms with Gasteiger partial charge in [-0.3, -0.25) is 0 Å². The Kier molecular flexibility index (Phi) is 9.62. The summed E-state index contributed by atoms with van der Waals surface area (Å²) in [6.07, 6.45) is 3.74. The summed E-state index contributed by atoms with van der Waals surface area (Å²) in [6.45, 7) is 16.7. The van der Waals surface area contributed by atoms with Crippen molar-refractivity contribution in [2.24, 2.45) is 0 Å². The molecule has 0 aliphatic carbocycles. The molecule has 5 heteroatoms. The average molecular weight is 473 g/mol. The van der Waals surface area contributed by atoms with Crippen molar-refractivity contribution in [3.63, 3.8) is 0 Å². The standard InChI is InChI=1S/C27H37ClO3Si/c1-21(31-32(6,7)27(2,3)4)24(19-22-10-14-25(28)15-11-22)9-8-18-30-20-23-12-16-26(29-5)17-13-23/h9-17H,1,8,18-20H2,2-7H3/b24-9+. The molecular formula is C27H37ClO3Si. The van der Waals surface area contributed by atoms with Crippen LogP contribution in [0.4, 0.5) is 0 Å². The second-order valence-corrected chi connectivity index (χ2v) is 14.7. The second-order valence-electron chi connectivity index (χ2n) is 9.51. The first-order valence-corrected chi connectivity index (χ1v) is 14.3. The van der Waals surface area contributed by atoms with Crippen molar-refractivity contribution in [3.05, 3.63) is 88.7 Å². The quantitative estimate of drug-likeness (QED) is 0.144. The largest absolute Gasteiger partial charge is 0.544 e. The number of benzene rings is 2. The Morgan fingerprint density at radius 2 is 1.59 bits per heavy atom. The van der Waals surface area contributed by atoms with Crippen molar-refractivity contribution in [2.45, 2.75) is 58.4 Å². The molecular weight excluding hydrogens is 436 g/mol. The summed E-state index contributed by atoms with van der Waals surface area (Å²) in [4.78, 5) is 0. The summed E-state index contributed by atoms with van der Waals surface area (Å²) in [5.74, 6) is 1.62. The molecule has 0 aliphatic rings. The Bertz CT molecular complexity index is 894. The highest BCUT2D eigenvalue weighted by Crippen LogP contribution is 2.39. The lowest BCUT2D eigenvalue weighted by molar-refractivity contribution is 0.125. The van der Waals surface area contributed by atoms with Gasteiger partial charge in [0.1, 0.15) is 5.75 Å². The molecule has 2 aromatic carbocycles. The van der Waals surface area contributed by atoms with Crippen LogP contribution in [0.5, 0.6) is 5.75 Å². The van der Waals surface area contributed by atoms with Crippen LogP contribution in [0, 0.1) is 0 Å². The number of allylic oxidation sites excluding steroid dienone is 1. The molecule has 0 N–H and O–H groups in total. The molecule has 0 atom stereocenters. The molecule has 174 valence electrons. The van der Waals surface area contributed by atoms with Crippen LogP contribution >= 0.6 is 11.6 Å². The summed E-state index contributed by atoms with van der Waals surface area (Å²) < 4.78 is 17.6. The predicted octanol–water partition coefficient (Wildman–Crippen LogP) is 7.96. The summed E-state index contributed by atoms with van der Waals surface area (Å²) >= 11 is 6.06. The van der Waals surface area contributed by atoms with Gasteiger partial charge in [-0.1, -0.05) is 69.3 Å². The Labute approximate surface area is 200 Å². The van der Waals surface area contributed by atoms with Crippen molar-refractivity contribution in [1.29, 1.82) is 0 Å². The smallest absolute Gasteiger partial charge is 0.250 e. The minimum Gasteiger partial charge on any atom is -0.544 e. The number of hydrogen-bond acceptors (Lipinski definition) is 3. The SMILES string of the molecule is C=C(O[Si](C)(C)C(C)(C)C)/C(=C/CCOCc1ccc(OC)cc1)Cc1ccc(Cl)cc1. The first-order chi connectivity index (χ1) is 15.0. The van der Waals surface area contributed by atoms with Crippen molar-refractivity contribution in [3.8, 4) is 5.75 Å². The molecule has 0 aromatic heterocycles. The molecule has 3 nitrogen and oxygen atoms in total. The second kappa shape index (κ2) is 11.7. The van der Waals surface area contributed by atoms with Crippen molar-refractivity contribution < 1.29 is 13.9 Å². The number of hydrogen-bond donors (Lipinski definition) is 0. The highest BCUT2D eigenvalue weighted by atomic mass is 35.5. The van der Waals surface area contributed by atoms with Gasteiger partial charge in [-0.2, -0.15) is 0 Å². The van der Waals surface area contributed by atoms with Gasteiger partial charge < -0.3 is 13.9 Å². The van der Waals surface area contributed by atoms with Crippen LogP contribution in [-0.4, -0.2) is 22.0 Å². The molecule has 0 bridgehead atoms. The lowest BCUT2D eigenvalue weighted by atomic mass is 10.0. The summed E-state index contributed by atoms with van der Waals surface area (Å²) in [5.41, 5.74) is 3.41. The third-order valence-electron chi connectivity index (χ3n) is 5.93. The molecule has 0 amide bonds. The van der Waals surface area contributed by atoms with Gasteiger partial charge in [0.05, 0.1) is 26.1 Å². The molecule has 0 spiro atoms. The van der Waals surface area contributed by atoms with Crippen molar-refractivity contribution >= 4 is 19.9 Å². The minimum absolute atomic E-state index is 0.114. The van der Waals surface area contributed by atoms with E-state index in [1.54, 1.807) is 7.11 Å². The zero-order chi connectivity index (χ0) is 23.8.